The van der Waals surface area contributed by atoms with Crippen LogP contribution in [0.3, 0.4) is 0 Å². The Kier molecular flexibility index (Phi) is 12.4. The third kappa shape index (κ3) is 11.6. The average molecular weight is 453 g/mol. The van der Waals surface area contributed by atoms with Crippen molar-refractivity contribution >= 4 is 0 Å². The van der Waals surface area contributed by atoms with Crippen LogP contribution in [0, 0.1) is 17.8 Å². The highest BCUT2D eigenvalue weighted by Gasteiger charge is 2.14. The van der Waals surface area contributed by atoms with E-state index in [0.29, 0.717) is 17.4 Å². The van der Waals surface area contributed by atoms with Gasteiger partial charge in [-0.15, -0.1) is 0 Å². The van der Waals surface area contributed by atoms with Crippen LogP contribution in [0.1, 0.15) is 109 Å². The van der Waals surface area contributed by atoms with E-state index in [4.69, 9.17) is 0 Å². The lowest BCUT2D eigenvalue weighted by molar-refractivity contribution is 0.384. The van der Waals surface area contributed by atoms with E-state index in [1.54, 1.807) is 24.3 Å². The summed E-state index contributed by atoms with van der Waals surface area (Å²) < 4.78 is 0. The predicted octanol–water partition coefficient (Wildman–Crippen LogP) is 9.25. The van der Waals surface area contributed by atoms with Gasteiger partial charge in [-0.2, -0.15) is 0 Å². The molecule has 0 radical (unpaired) electrons. The lowest BCUT2D eigenvalue weighted by atomic mass is 9.86. The van der Waals surface area contributed by atoms with Gasteiger partial charge in [0, 0.05) is 0 Å². The van der Waals surface area contributed by atoms with Gasteiger partial charge in [-0.3, -0.25) is 0 Å². The maximum atomic E-state index is 9.68. The second-order valence-electron chi connectivity index (χ2n) is 10.9. The van der Waals surface area contributed by atoms with Crippen LogP contribution >= 0.6 is 0 Å². The molecule has 0 aliphatic carbocycles. The van der Waals surface area contributed by atoms with Gasteiger partial charge in [0.25, 0.3) is 0 Å². The molecule has 2 nitrogen and oxygen atoms in total. The minimum Gasteiger partial charge on any atom is -0.508 e. The molecule has 33 heavy (non-hydrogen) atoms. The zero-order chi connectivity index (χ0) is 24.1. The lowest BCUT2D eigenvalue weighted by Crippen LogP contribution is -2.04. The second-order valence-corrected chi connectivity index (χ2v) is 10.9. The molecule has 0 amide bonds. The fourth-order valence-corrected chi connectivity index (χ4v) is 4.91. The van der Waals surface area contributed by atoms with Crippen molar-refractivity contribution in [2.24, 2.45) is 17.8 Å². The summed E-state index contributed by atoms with van der Waals surface area (Å²) in [6, 6.07) is 15.3. The van der Waals surface area contributed by atoms with Gasteiger partial charge in [0.05, 0.1) is 0 Å². The Morgan fingerprint density at radius 1 is 0.545 bits per heavy atom. The molecule has 0 aromatic heterocycles. The Bertz CT molecular complexity index is 747. The van der Waals surface area contributed by atoms with E-state index >= 15 is 0 Å². The van der Waals surface area contributed by atoms with E-state index in [0.717, 1.165) is 30.6 Å². The van der Waals surface area contributed by atoms with E-state index in [-0.39, 0.29) is 0 Å². The first-order chi connectivity index (χ1) is 15.8. The van der Waals surface area contributed by atoms with E-state index in [9.17, 15) is 10.2 Å². The summed E-state index contributed by atoms with van der Waals surface area (Å²) in [7, 11) is 0. The van der Waals surface area contributed by atoms with Crippen molar-refractivity contribution in [3.05, 3.63) is 59.7 Å². The van der Waals surface area contributed by atoms with Gasteiger partial charge >= 0.3 is 0 Å². The molecule has 184 valence electrons. The maximum absolute atomic E-state index is 9.68. The summed E-state index contributed by atoms with van der Waals surface area (Å²) in [4.78, 5) is 0. The highest BCUT2D eigenvalue weighted by Crippen LogP contribution is 2.29. The third-order valence-corrected chi connectivity index (χ3v) is 7.15. The van der Waals surface area contributed by atoms with Crippen molar-refractivity contribution < 1.29 is 10.2 Å². The fourth-order valence-electron chi connectivity index (χ4n) is 4.91. The largest absolute Gasteiger partial charge is 0.508 e. The van der Waals surface area contributed by atoms with Crippen LogP contribution in [-0.2, 0) is 6.42 Å². The summed E-state index contributed by atoms with van der Waals surface area (Å²) in [5, 5.41) is 19.3. The molecule has 2 aromatic rings. The average Bonchev–Trinajstić information content (AvgIpc) is 2.77. The first-order valence-electron chi connectivity index (χ1n) is 13.4. The second kappa shape index (κ2) is 15.0. The summed E-state index contributed by atoms with van der Waals surface area (Å²) >= 11 is 0. The minimum absolute atomic E-state index is 0.318. The first-order valence-corrected chi connectivity index (χ1v) is 13.4. The van der Waals surface area contributed by atoms with Crippen LogP contribution in [0.15, 0.2) is 48.5 Å². The van der Waals surface area contributed by atoms with Gasteiger partial charge in [0.1, 0.15) is 11.5 Å². The van der Waals surface area contributed by atoms with Crippen LogP contribution in [0.25, 0.3) is 0 Å². The van der Waals surface area contributed by atoms with E-state index in [1.165, 1.54) is 68.9 Å². The number of rotatable bonds is 16. The molecule has 1 unspecified atom stereocenters. The molecule has 2 rings (SSSR count). The summed E-state index contributed by atoms with van der Waals surface area (Å²) in [6.07, 6.45) is 14.3. The first kappa shape index (κ1) is 27.3. The summed E-state index contributed by atoms with van der Waals surface area (Å²) in [5.74, 6) is 3.62. The van der Waals surface area contributed by atoms with Crippen LogP contribution in [0.5, 0.6) is 11.5 Å². The van der Waals surface area contributed by atoms with Crippen molar-refractivity contribution in [3.63, 3.8) is 0 Å². The van der Waals surface area contributed by atoms with Crippen molar-refractivity contribution in [1.29, 1.82) is 0 Å². The van der Waals surface area contributed by atoms with Gasteiger partial charge in [-0.05, 0) is 71.9 Å². The molecule has 0 aliphatic rings. The molecule has 0 heterocycles. The SMILES string of the molecule is CC(C)CCC[C@@H](C)CCC[C@@H](C)CCCCC(Cc1ccc(O)cc1)c1ccc(O)cc1. The van der Waals surface area contributed by atoms with Crippen LogP contribution in [0.2, 0.25) is 0 Å². The van der Waals surface area contributed by atoms with E-state index in [1.807, 2.05) is 12.1 Å². The van der Waals surface area contributed by atoms with Gasteiger partial charge in [0.15, 0.2) is 0 Å². The third-order valence-electron chi connectivity index (χ3n) is 7.15. The van der Waals surface area contributed by atoms with Crippen molar-refractivity contribution in [2.45, 2.75) is 104 Å². The van der Waals surface area contributed by atoms with E-state index < -0.39 is 0 Å². The normalized spacial score (nSPS) is 14.3. The molecule has 0 bridgehead atoms. The Morgan fingerprint density at radius 3 is 1.55 bits per heavy atom. The minimum atomic E-state index is 0.318. The number of hydrogen-bond donors (Lipinski definition) is 2. The standard InChI is InChI=1S/C31H48O2/c1-24(2)9-7-11-26(4)13-8-12-25(3)10-5-6-14-29(28-17-21-31(33)22-18-28)23-27-15-19-30(32)20-16-27/h15-22,24-26,29,32-33H,5-14,23H2,1-4H3/t25-,26+,29?/m0/s1. The monoisotopic (exact) mass is 452 g/mol. The molecule has 0 aliphatic heterocycles. The number of unbranched alkanes of at least 4 members (excludes halogenated alkanes) is 1. The number of hydrogen-bond acceptors (Lipinski definition) is 2. The molecule has 3 atom stereocenters. The van der Waals surface area contributed by atoms with Crippen molar-refractivity contribution in [1.82, 2.24) is 0 Å². The van der Waals surface area contributed by atoms with Crippen LogP contribution < -0.4 is 0 Å². The Labute approximate surface area is 203 Å². The fraction of sp³-hybridized carbons (Fsp3) is 0.613. The summed E-state index contributed by atoms with van der Waals surface area (Å²) in [6.45, 7) is 9.51. The highest BCUT2D eigenvalue weighted by atomic mass is 16.3. The van der Waals surface area contributed by atoms with Gasteiger partial charge in [-0.25, -0.2) is 0 Å². The molecular formula is C31H48O2. The molecule has 2 N–H and O–H groups in total. The molecule has 0 fully saturated rings. The molecular weight excluding hydrogens is 404 g/mol. The molecule has 0 spiro atoms. The molecule has 2 heteroatoms. The van der Waals surface area contributed by atoms with Gasteiger partial charge in [-0.1, -0.05) is 110 Å². The van der Waals surface area contributed by atoms with Gasteiger partial charge < -0.3 is 10.2 Å². The zero-order valence-corrected chi connectivity index (χ0v) is 21.6. The highest BCUT2D eigenvalue weighted by molar-refractivity contribution is 5.31. The molecule has 0 saturated heterocycles. The van der Waals surface area contributed by atoms with Crippen LogP contribution in [-0.4, -0.2) is 10.2 Å². The number of phenolic OH excluding ortho intramolecular Hbond substituents is 2. The summed E-state index contributed by atoms with van der Waals surface area (Å²) in [5.41, 5.74) is 2.54. The Hall–Kier alpha value is -1.96. The molecule has 0 saturated carbocycles. The van der Waals surface area contributed by atoms with Crippen molar-refractivity contribution in [2.75, 3.05) is 0 Å². The van der Waals surface area contributed by atoms with Gasteiger partial charge in [0.2, 0.25) is 0 Å². The van der Waals surface area contributed by atoms with Crippen molar-refractivity contribution in [3.8, 4) is 11.5 Å². The quantitative estimate of drug-likeness (QED) is 0.249. The number of benzene rings is 2. The number of aromatic hydroxyl groups is 2. The van der Waals surface area contributed by atoms with E-state index in [2.05, 4.69) is 39.8 Å². The Balaban J connectivity index is 1.71. The maximum Gasteiger partial charge on any atom is 0.115 e. The molecule has 2 aromatic carbocycles. The van der Waals surface area contributed by atoms with Crippen LogP contribution in [0.4, 0.5) is 0 Å². The zero-order valence-electron chi connectivity index (χ0n) is 21.6. The smallest absolute Gasteiger partial charge is 0.115 e. The number of phenols is 2. The Morgan fingerprint density at radius 2 is 1.00 bits per heavy atom. The lowest BCUT2D eigenvalue weighted by Gasteiger charge is -2.19. The topological polar surface area (TPSA) is 40.5 Å². The predicted molar refractivity (Wildman–Crippen MR) is 142 cm³/mol.